The first-order chi connectivity index (χ1) is 8.56. The van der Waals surface area contributed by atoms with Gasteiger partial charge in [-0.15, -0.1) is 11.6 Å². The molecule has 0 aromatic heterocycles. The molecule has 100 valence electrons. The maximum atomic E-state index is 11.9. The number of nitrogens with one attached hydrogen (secondary N) is 1. The van der Waals surface area contributed by atoms with E-state index in [1.165, 1.54) is 0 Å². The van der Waals surface area contributed by atoms with Gasteiger partial charge in [0.25, 0.3) is 5.91 Å². The molecule has 3 nitrogen and oxygen atoms in total. The zero-order valence-electron chi connectivity index (χ0n) is 10.8. The minimum absolute atomic E-state index is 0.0380. The monoisotopic (exact) mass is 269 g/mol. The largest absolute Gasteiger partial charge is 0.394 e. The number of alkyl halides is 1. The highest BCUT2D eigenvalue weighted by Gasteiger charge is 2.14. The second-order valence-corrected chi connectivity index (χ2v) is 5.08. The van der Waals surface area contributed by atoms with E-state index in [4.69, 9.17) is 11.6 Å². The smallest absolute Gasteiger partial charge is 0.251 e. The van der Waals surface area contributed by atoms with Gasteiger partial charge < -0.3 is 10.4 Å². The number of aliphatic hydroxyl groups is 1. The number of carbonyl (C=O) groups is 1. The normalized spacial score (nSPS) is 12.5. The van der Waals surface area contributed by atoms with Crippen LogP contribution < -0.4 is 5.32 Å². The molecule has 0 aliphatic carbocycles. The zero-order chi connectivity index (χ0) is 13.5. The van der Waals surface area contributed by atoms with Gasteiger partial charge in [0, 0.05) is 11.4 Å². The van der Waals surface area contributed by atoms with Crippen molar-refractivity contribution in [2.45, 2.75) is 32.2 Å². The van der Waals surface area contributed by atoms with Crippen molar-refractivity contribution in [3.05, 3.63) is 35.4 Å². The van der Waals surface area contributed by atoms with Gasteiger partial charge in [-0.3, -0.25) is 4.79 Å². The second kappa shape index (κ2) is 7.39. The predicted molar refractivity (Wildman–Crippen MR) is 73.8 cm³/mol. The summed E-state index contributed by atoms with van der Waals surface area (Å²) in [6, 6.07) is 6.97. The Bertz CT molecular complexity index is 376. The first-order valence-corrected chi connectivity index (χ1v) is 6.67. The summed E-state index contributed by atoms with van der Waals surface area (Å²) in [4.78, 5) is 11.9. The van der Waals surface area contributed by atoms with Crippen molar-refractivity contribution in [2.75, 3.05) is 6.61 Å². The van der Waals surface area contributed by atoms with E-state index < -0.39 is 0 Å². The first-order valence-electron chi connectivity index (χ1n) is 6.13. The van der Waals surface area contributed by atoms with E-state index in [1.807, 2.05) is 12.1 Å². The van der Waals surface area contributed by atoms with Gasteiger partial charge in [-0.2, -0.15) is 0 Å². The lowest BCUT2D eigenvalue weighted by Crippen LogP contribution is -2.38. The summed E-state index contributed by atoms with van der Waals surface area (Å²) in [6.07, 6.45) is 0.766. The summed E-state index contributed by atoms with van der Waals surface area (Å²) in [7, 11) is 0. The van der Waals surface area contributed by atoms with Gasteiger partial charge in [0.15, 0.2) is 0 Å². The molecule has 0 heterocycles. The summed E-state index contributed by atoms with van der Waals surface area (Å²) in [5.74, 6) is 0.714. The Morgan fingerprint density at radius 3 is 2.39 bits per heavy atom. The maximum absolute atomic E-state index is 11.9. The van der Waals surface area contributed by atoms with Crippen LogP contribution in [0.25, 0.3) is 0 Å². The van der Waals surface area contributed by atoms with E-state index in [0.717, 1.165) is 12.0 Å². The number of benzene rings is 1. The SMILES string of the molecule is CC(C)CC(CO)NC(=O)c1ccc(CCl)cc1. The van der Waals surface area contributed by atoms with E-state index in [0.29, 0.717) is 17.4 Å². The fraction of sp³-hybridized carbons (Fsp3) is 0.500. The van der Waals surface area contributed by atoms with Gasteiger partial charge in [-0.05, 0) is 30.0 Å². The maximum Gasteiger partial charge on any atom is 0.251 e. The molecule has 0 spiro atoms. The minimum Gasteiger partial charge on any atom is -0.394 e. The number of rotatable bonds is 6. The third kappa shape index (κ3) is 4.67. The molecule has 0 aliphatic heterocycles. The van der Waals surface area contributed by atoms with Crippen LogP contribution in [0.2, 0.25) is 0 Å². The fourth-order valence-corrected chi connectivity index (χ4v) is 1.94. The van der Waals surface area contributed by atoms with E-state index in [1.54, 1.807) is 12.1 Å². The third-order valence-corrected chi connectivity index (χ3v) is 2.99. The highest BCUT2D eigenvalue weighted by Crippen LogP contribution is 2.09. The summed E-state index contributed by atoms with van der Waals surface area (Å²) >= 11 is 5.69. The number of hydrogen-bond acceptors (Lipinski definition) is 2. The first kappa shape index (κ1) is 15.0. The average Bonchev–Trinajstić information content (AvgIpc) is 2.37. The van der Waals surface area contributed by atoms with Gasteiger partial charge in [0.2, 0.25) is 0 Å². The fourth-order valence-electron chi connectivity index (χ4n) is 1.76. The molecule has 0 saturated carbocycles. The molecule has 1 unspecified atom stereocenters. The molecule has 0 fully saturated rings. The molecule has 0 aliphatic rings. The number of carbonyl (C=O) groups excluding carboxylic acids is 1. The van der Waals surface area contributed by atoms with Crippen molar-refractivity contribution in [1.82, 2.24) is 5.32 Å². The van der Waals surface area contributed by atoms with Crippen LogP contribution in [0.5, 0.6) is 0 Å². The van der Waals surface area contributed by atoms with Crippen LogP contribution in [0.4, 0.5) is 0 Å². The van der Waals surface area contributed by atoms with Gasteiger partial charge in [0.1, 0.15) is 0 Å². The van der Waals surface area contributed by atoms with E-state index >= 15 is 0 Å². The molecular weight excluding hydrogens is 250 g/mol. The van der Waals surface area contributed by atoms with Crippen LogP contribution in [-0.4, -0.2) is 23.7 Å². The van der Waals surface area contributed by atoms with Crippen LogP contribution in [0.1, 0.15) is 36.2 Å². The van der Waals surface area contributed by atoms with Crippen molar-refractivity contribution in [1.29, 1.82) is 0 Å². The van der Waals surface area contributed by atoms with Gasteiger partial charge in [-0.1, -0.05) is 26.0 Å². The predicted octanol–water partition coefficient (Wildman–Crippen LogP) is 2.56. The Labute approximate surface area is 113 Å². The van der Waals surface area contributed by atoms with Crippen LogP contribution in [-0.2, 0) is 5.88 Å². The number of amides is 1. The van der Waals surface area contributed by atoms with Crippen molar-refractivity contribution >= 4 is 17.5 Å². The second-order valence-electron chi connectivity index (χ2n) is 4.81. The van der Waals surface area contributed by atoms with Crippen LogP contribution in [0.3, 0.4) is 0 Å². The molecule has 4 heteroatoms. The zero-order valence-corrected chi connectivity index (χ0v) is 11.6. The quantitative estimate of drug-likeness (QED) is 0.780. The molecule has 0 radical (unpaired) electrons. The van der Waals surface area contributed by atoms with E-state index in [-0.39, 0.29) is 18.6 Å². The highest BCUT2D eigenvalue weighted by molar-refractivity contribution is 6.17. The van der Waals surface area contributed by atoms with Gasteiger partial charge in [0.05, 0.1) is 12.6 Å². The number of aliphatic hydroxyl groups excluding tert-OH is 1. The number of halogens is 1. The number of hydrogen-bond donors (Lipinski definition) is 2. The Kier molecular flexibility index (Phi) is 6.16. The molecule has 1 rings (SSSR count). The summed E-state index contributed by atoms with van der Waals surface area (Å²) in [6.45, 7) is 4.08. The lowest BCUT2D eigenvalue weighted by Gasteiger charge is -2.18. The van der Waals surface area contributed by atoms with Gasteiger partial charge >= 0.3 is 0 Å². The van der Waals surface area contributed by atoms with Crippen molar-refractivity contribution in [3.63, 3.8) is 0 Å². The molecule has 2 N–H and O–H groups in total. The standard InChI is InChI=1S/C14H20ClNO2/c1-10(2)7-13(9-17)16-14(18)12-5-3-11(8-15)4-6-12/h3-6,10,13,17H,7-9H2,1-2H3,(H,16,18). The molecule has 1 amide bonds. The Balaban J connectivity index is 2.62. The topological polar surface area (TPSA) is 49.3 Å². The summed E-state index contributed by atoms with van der Waals surface area (Å²) in [5.41, 5.74) is 1.57. The van der Waals surface area contributed by atoms with E-state index in [9.17, 15) is 9.90 Å². The molecule has 0 bridgehead atoms. The Morgan fingerprint density at radius 1 is 1.33 bits per heavy atom. The average molecular weight is 270 g/mol. The summed E-state index contributed by atoms with van der Waals surface area (Å²) in [5, 5.41) is 12.1. The Morgan fingerprint density at radius 2 is 1.94 bits per heavy atom. The minimum atomic E-state index is -0.190. The molecule has 18 heavy (non-hydrogen) atoms. The van der Waals surface area contributed by atoms with Gasteiger partial charge in [-0.25, -0.2) is 0 Å². The van der Waals surface area contributed by atoms with Crippen molar-refractivity contribution in [2.24, 2.45) is 5.92 Å². The summed E-state index contributed by atoms with van der Waals surface area (Å²) < 4.78 is 0. The molecule has 1 aromatic carbocycles. The van der Waals surface area contributed by atoms with Crippen LogP contribution in [0, 0.1) is 5.92 Å². The molecule has 1 atom stereocenters. The Hall–Kier alpha value is -1.06. The van der Waals surface area contributed by atoms with Crippen LogP contribution >= 0.6 is 11.6 Å². The van der Waals surface area contributed by atoms with E-state index in [2.05, 4.69) is 19.2 Å². The molecule has 1 aromatic rings. The molecule has 0 saturated heterocycles. The van der Waals surface area contributed by atoms with Crippen LogP contribution in [0.15, 0.2) is 24.3 Å². The molecular formula is C14H20ClNO2. The lowest BCUT2D eigenvalue weighted by molar-refractivity contribution is 0.0908. The lowest BCUT2D eigenvalue weighted by atomic mass is 10.0. The van der Waals surface area contributed by atoms with Crippen molar-refractivity contribution < 1.29 is 9.90 Å². The van der Waals surface area contributed by atoms with Crippen molar-refractivity contribution in [3.8, 4) is 0 Å². The third-order valence-electron chi connectivity index (χ3n) is 2.68. The highest BCUT2D eigenvalue weighted by atomic mass is 35.5.